The summed E-state index contributed by atoms with van der Waals surface area (Å²) in [5.41, 5.74) is 0.864. The fraction of sp³-hybridized carbons (Fsp3) is 0.533. The van der Waals surface area contributed by atoms with Crippen LogP contribution in [0.5, 0.6) is 0 Å². The molecule has 0 bridgehead atoms. The number of carbonyl (C=O) groups excluding carboxylic acids is 1. The molecule has 0 amide bonds. The van der Waals surface area contributed by atoms with E-state index in [1.54, 1.807) is 12.1 Å². The quantitative estimate of drug-likeness (QED) is 0.750. The molecule has 0 radical (unpaired) electrons. The molecule has 0 fully saturated rings. The summed E-state index contributed by atoms with van der Waals surface area (Å²) in [4.78, 5) is 16.1. The second-order valence-corrected chi connectivity index (χ2v) is 6.31. The highest BCUT2D eigenvalue weighted by molar-refractivity contribution is 6.35. The molecular weight excluding hydrogens is 311 g/mol. The zero-order valence-corrected chi connectivity index (χ0v) is 14.6. The van der Waals surface area contributed by atoms with Crippen molar-refractivity contribution in [2.45, 2.75) is 6.04 Å². The van der Waals surface area contributed by atoms with Crippen LogP contribution in [0.3, 0.4) is 0 Å². The number of ether oxygens (including phenoxy) is 1. The summed E-state index contributed by atoms with van der Waals surface area (Å²) in [6.07, 6.45) is 0. The van der Waals surface area contributed by atoms with Crippen LogP contribution >= 0.6 is 23.2 Å². The summed E-state index contributed by atoms with van der Waals surface area (Å²) in [6, 6.07) is 5.15. The standard InChI is InChI=1S/C15H22Cl2N2O2/c1-18(2)9-12(15(20)21-5)14(19(3)4)11-7-6-10(16)8-13(11)17/h6-8,12,14H,9H2,1-5H3/t12-,14+/m0/s1. The zero-order valence-electron chi connectivity index (χ0n) is 13.1. The summed E-state index contributed by atoms with van der Waals surface area (Å²) >= 11 is 12.3. The lowest BCUT2D eigenvalue weighted by atomic mass is 9.91. The van der Waals surface area contributed by atoms with Crippen LogP contribution in [0.15, 0.2) is 18.2 Å². The molecule has 1 aromatic carbocycles. The van der Waals surface area contributed by atoms with Crippen LogP contribution in [0.1, 0.15) is 11.6 Å². The third-order valence-electron chi connectivity index (χ3n) is 3.28. The van der Waals surface area contributed by atoms with Gasteiger partial charge in [0.1, 0.15) is 0 Å². The summed E-state index contributed by atoms with van der Waals surface area (Å²) in [6.45, 7) is 0.564. The second kappa shape index (κ2) is 7.99. The number of benzene rings is 1. The van der Waals surface area contributed by atoms with Gasteiger partial charge in [0.05, 0.1) is 19.1 Å². The number of esters is 1. The van der Waals surface area contributed by atoms with Crippen LogP contribution < -0.4 is 0 Å². The third-order valence-corrected chi connectivity index (χ3v) is 3.85. The number of halogens is 2. The summed E-state index contributed by atoms with van der Waals surface area (Å²) in [7, 11) is 9.09. The van der Waals surface area contributed by atoms with E-state index in [0.29, 0.717) is 16.6 Å². The van der Waals surface area contributed by atoms with Crippen molar-refractivity contribution in [3.63, 3.8) is 0 Å². The van der Waals surface area contributed by atoms with E-state index in [0.717, 1.165) is 5.56 Å². The predicted molar refractivity (Wildman–Crippen MR) is 87.0 cm³/mol. The molecular formula is C15H22Cl2N2O2. The van der Waals surface area contributed by atoms with Crippen LogP contribution in [0.2, 0.25) is 10.0 Å². The Morgan fingerprint density at radius 3 is 2.29 bits per heavy atom. The van der Waals surface area contributed by atoms with Crippen molar-refractivity contribution in [2.75, 3.05) is 41.8 Å². The summed E-state index contributed by atoms with van der Waals surface area (Å²) in [5.74, 6) is -0.605. The fourth-order valence-electron chi connectivity index (χ4n) is 2.44. The number of hydrogen-bond donors (Lipinski definition) is 0. The molecule has 1 aromatic rings. The number of methoxy groups -OCH3 is 1. The number of nitrogens with zero attached hydrogens (tertiary/aromatic N) is 2. The minimum absolute atomic E-state index is 0.190. The fourth-order valence-corrected chi connectivity index (χ4v) is 2.96. The minimum Gasteiger partial charge on any atom is -0.469 e. The van der Waals surface area contributed by atoms with E-state index in [1.165, 1.54) is 7.11 Å². The first-order valence-electron chi connectivity index (χ1n) is 6.61. The molecule has 4 nitrogen and oxygen atoms in total. The predicted octanol–water partition coefficient (Wildman–Crippen LogP) is 2.95. The van der Waals surface area contributed by atoms with E-state index in [-0.39, 0.29) is 17.9 Å². The smallest absolute Gasteiger partial charge is 0.311 e. The largest absolute Gasteiger partial charge is 0.469 e. The first kappa shape index (κ1) is 18.2. The molecule has 0 heterocycles. The molecule has 1 rings (SSSR count). The molecule has 6 heteroatoms. The van der Waals surface area contributed by atoms with Crippen molar-refractivity contribution in [3.8, 4) is 0 Å². The molecule has 0 spiro atoms. The van der Waals surface area contributed by atoms with Gasteiger partial charge in [-0.1, -0.05) is 29.3 Å². The van der Waals surface area contributed by atoms with E-state index in [9.17, 15) is 4.79 Å². The van der Waals surface area contributed by atoms with E-state index in [4.69, 9.17) is 27.9 Å². The van der Waals surface area contributed by atoms with E-state index in [1.807, 2.05) is 44.1 Å². The Morgan fingerprint density at radius 1 is 1.24 bits per heavy atom. The first-order valence-corrected chi connectivity index (χ1v) is 7.37. The average Bonchev–Trinajstić information content (AvgIpc) is 2.38. The maximum absolute atomic E-state index is 12.2. The van der Waals surface area contributed by atoms with Crippen LogP contribution in [0.25, 0.3) is 0 Å². The Balaban J connectivity index is 3.26. The topological polar surface area (TPSA) is 32.8 Å². The van der Waals surface area contributed by atoms with Gasteiger partial charge in [-0.05, 0) is 45.9 Å². The van der Waals surface area contributed by atoms with Crippen molar-refractivity contribution in [3.05, 3.63) is 33.8 Å². The van der Waals surface area contributed by atoms with Crippen LogP contribution in [-0.4, -0.2) is 57.6 Å². The van der Waals surface area contributed by atoms with Gasteiger partial charge >= 0.3 is 5.97 Å². The van der Waals surface area contributed by atoms with Crippen molar-refractivity contribution >= 4 is 29.2 Å². The molecule has 0 aliphatic heterocycles. The van der Waals surface area contributed by atoms with Gasteiger partial charge in [-0.3, -0.25) is 4.79 Å². The lowest BCUT2D eigenvalue weighted by Gasteiger charge is -2.33. The molecule has 2 atom stereocenters. The van der Waals surface area contributed by atoms with Gasteiger partial charge in [-0.2, -0.15) is 0 Å². The molecule has 0 unspecified atom stereocenters. The molecule has 0 aliphatic carbocycles. The highest BCUT2D eigenvalue weighted by Gasteiger charge is 2.33. The molecule has 118 valence electrons. The van der Waals surface area contributed by atoms with Crippen molar-refractivity contribution in [1.29, 1.82) is 0 Å². The Kier molecular flexibility index (Phi) is 6.94. The van der Waals surface area contributed by atoms with E-state index in [2.05, 4.69) is 0 Å². The van der Waals surface area contributed by atoms with Crippen LogP contribution in [0, 0.1) is 5.92 Å². The Labute approximate surface area is 136 Å². The minimum atomic E-state index is -0.348. The van der Waals surface area contributed by atoms with Gasteiger partial charge in [0.2, 0.25) is 0 Å². The van der Waals surface area contributed by atoms with E-state index < -0.39 is 0 Å². The molecule has 0 saturated heterocycles. The number of hydrogen-bond acceptors (Lipinski definition) is 4. The molecule has 0 saturated carbocycles. The highest BCUT2D eigenvalue weighted by atomic mass is 35.5. The highest BCUT2D eigenvalue weighted by Crippen LogP contribution is 2.34. The molecule has 0 N–H and O–H groups in total. The maximum Gasteiger partial charge on any atom is 0.311 e. The van der Waals surface area contributed by atoms with Gasteiger partial charge in [0, 0.05) is 16.6 Å². The Bertz CT molecular complexity index is 493. The number of rotatable bonds is 6. The second-order valence-electron chi connectivity index (χ2n) is 5.47. The zero-order chi connectivity index (χ0) is 16.2. The Morgan fingerprint density at radius 2 is 1.86 bits per heavy atom. The lowest BCUT2D eigenvalue weighted by Crippen LogP contribution is -2.39. The van der Waals surface area contributed by atoms with Crippen LogP contribution in [0.4, 0.5) is 0 Å². The van der Waals surface area contributed by atoms with Crippen molar-refractivity contribution < 1.29 is 9.53 Å². The van der Waals surface area contributed by atoms with Crippen molar-refractivity contribution in [2.24, 2.45) is 5.92 Å². The van der Waals surface area contributed by atoms with E-state index >= 15 is 0 Å². The van der Waals surface area contributed by atoms with Gasteiger partial charge in [0.15, 0.2) is 0 Å². The Hall–Kier alpha value is -0.810. The summed E-state index contributed by atoms with van der Waals surface area (Å²) < 4.78 is 4.97. The lowest BCUT2D eigenvalue weighted by molar-refractivity contribution is -0.148. The van der Waals surface area contributed by atoms with Crippen molar-refractivity contribution in [1.82, 2.24) is 9.80 Å². The first-order chi connectivity index (χ1) is 9.77. The molecule has 0 aliphatic rings. The van der Waals surface area contributed by atoms with Gasteiger partial charge in [-0.15, -0.1) is 0 Å². The maximum atomic E-state index is 12.2. The normalized spacial score (nSPS) is 14.3. The SMILES string of the molecule is COC(=O)[C@@H](CN(C)C)[C@@H](c1ccc(Cl)cc1Cl)N(C)C. The van der Waals surface area contributed by atoms with Gasteiger partial charge < -0.3 is 14.5 Å². The van der Waals surface area contributed by atoms with Crippen LogP contribution in [-0.2, 0) is 9.53 Å². The molecule has 21 heavy (non-hydrogen) atoms. The van der Waals surface area contributed by atoms with Gasteiger partial charge in [0.25, 0.3) is 0 Å². The monoisotopic (exact) mass is 332 g/mol. The number of carbonyl (C=O) groups is 1. The van der Waals surface area contributed by atoms with Gasteiger partial charge in [-0.25, -0.2) is 0 Å². The summed E-state index contributed by atoms with van der Waals surface area (Å²) in [5, 5.41) is 1.12. The average molecular weight is 333 g/mol. The molecule has 0 aromatic heterocycles. The third kappa shape index (κ3) is 4.85.